The molecule has 0 aliphatic heterocycles. The average Bonchev–Trinajstić information content (AvgIpc) is 2.48. The third-order valence-electron chi connectivity index (χ3n) is 3.76. The van der Waals surface area contributed by atoms with E-state index in [1.165, 1.54) is 19.3 Å². The predicted octanol–water partition coefficient (Wildman–Crippen LogP) is 3.59. The highest BCUT2D eigenvalue weighted by atomic mass is 35.5. The van der Waals surface area contributed by atoms with Crippen molar-refractivity contribution in [3.05, 3.63) is 28.8 Å². The summed E-state index contributed by atoms with van der Waals surface area (Å²) in [6.07, 6.45) is 6.60. The van der Waals surface area contributed by atoms with E-state index < -0.39 is 0 Å². The van der Waals surface area contributed by atoms with Crippen LogP contribution in [-0.2, 0) is 4.79 Å². The van der Waals surface area contributed by atoms with Crippen molar-refractivity contribution in [1.82, 2.24) is 0 Å². The Morgan fingerprint density at radius 2 is 2.10 bits per heavy atom. The van der Waals surface area contributed by atoms with Crippen LogP contribution in [0.3, 0.4) is 0 Å². The number of nitrogens with one attached hydrogen (secondary N) is 1. The minimum atomic E-state index is -0.220. The first-order chi connectivity index (χ1) is 10.2. The standard InChI is InChI=1S/C17H20ClNO2/c18-15-8-9-16(14(12-15)7-4-10-20)19-17(21)11-13-5-2-1-3-6-13/h8-9,12-13,20H,1-3,5-6,10-11H2,(H,19,21). The van der Waals surface area contributed by atoms with Crippen LogP contribution in [0.5, 0.6) is 0 Å². The van der Waals surface area contributed by atoms with E-state index in [4.69, 9.17) is 16.7 Å². The summed E-state index contributed by atoms with van der Waals surface area (Å²) >= 11 is 5.94. The maximum Gasteiger partial charge on any atom is 0.224 e. The van der Waals surface area contributed by atoms with Gasteiger partial charge in [0.05, 0.1) is 5.69 Å². The highest BCUT2D eigenvalue weighted by molar-refractivity contribution is 6.30. The van der Waals surface area contributed by atoms with E-state index in [-0.39, 0.29) is 12.5 Å². The molecule has 3 nitrogen and oxygen atoms in total. The van der Waals surface area contributed by atoms with Gasteiger partial charge in [-0.3, -0.25) is 4.79 Å². The molecule has 1 aliphatic rings. The number of hydrogen-bond acceptors (Lipinski definition) is 2. The van der Waals surface area contributed by atoms with Gasteiger partial charge < -0.3 is 10.4 Å². The van der Waals surface area contributed by atoms with Crippen LogP contribution in [0.15, 0.2) is 18.2 Å². The van der Waals surface area contributed by atoms with Crippen molar-refractivity contribution in [2.45, 2.75) is 38.5 Å². The molecule has 1 amide bonds. The van der Waals surface area contributed by atoms with Crippen LogP contribution < -0.4 is 5.32 Å². The molecule has 1 aromatic carbocycles. The summed E-state index contributed by atoms with van der Waals surface area (Å²) in [5.41, 5.74) is 1.29. The lowest BCUT2D eigenvalue weighted by molar-refractivity contribution is -0.117. The molecule has 4 heteroatoms. The molecule has 0 spiro atoms. The fraction of sp³-hybridized carbons (Fsp3) is 0.471. The average molecular weight is 306 g/mol. The molecule has 0 radical (unpaired) electrons. The van der Waals surface area contributed by atoms with Gasteiger partial charge in [0.2, 0.25) is 5.91 Å². The summed E-state index contributed by atoms with van der Waals surface area (Å²) < 4.78 is 0. The molecule has 0 unspecified atom stereocenters. The monoisotopic (exact) mass is 305 g/mol. The van der Waals surface area contributed by atoms with Crippen molar-refractivity contribution in [3.63, 3.8) is 0 Å². The van der Waals surface area contributed by atoms with Crippen molar-refractivity contribution in [1.29, 1.82) is 0 Å². The van der Waals surface area contributed by atoms with Crippen LogP contribution in [0, 0.1) is 17.8 Å². The number of halogens is 1. The smallest absolute Gasteiger partial charge is 0.224 e. The number of aliphatic hydroxyl groups is 1. The van der Waals surface area contributed by atoms with Gasteiger partial charge in [-0.05, 0) is 37.0 Å². The molecule has 0 bridgehead atoms. The highest BCUT2D eigenvalue weighted by Gasteiger charge is 2.17. The fourth-order valence-electron chi connectivity index (χ4n) is 2.72. The number of rotatable bonds is 3. The Bertz CT molecular complexity index is 554. The van der Waals surface area contributed by atoms with Crippen LogP contribution in [0.25, 0.3) is 0 Å². The SMILES string of the molecule is O=C(CC1CCCCC1)Nc1ccc(Cl)cc1C#CCO. The fourth-order valence-corrected chi connectivity index (χ4v) is 2.89. The molecule has 0 atom stereocenters. The van der Waals surface area contributed by atoms with Gasteiger partial charge in [0.25, 0.3) is 0 Å². The first-order valence-electron chi connectivity index (χ1n) is 7.38. The second-order valence-corrected chi connectivity index (χ2v) is 5.84. The first kappa shape index (κ1) is 15.9. The molecule has 1 aliphatic carbocycles. The van der Waals surface area contributed by atoms with Crippen molar-refractivity contribution in [3.8, 4) is 11.8 Å². The molecule has 0 heterocycles. The predicted molar refractivity (Wildman–Crippen MR) is 85.2 cm³/mol. The molecular formula is C17H20ClNO2. The van der Waals surface area contributed by atoms with Gasteiger partial charge in [0.15, 0.2) is 0 Å². The number of amides is 1. The quantitative estimate of drug-likeness (QED) is 0.838. The third-order valence-corrected chi connectivity index (χ3v) is 3.99. The van der Waals surface area contributed by atoms with E-state index in [0.717, 1.165) is 12.8 Å². The van der Waals surface area contributed by atoms with Gasteiger partial charge >= 0.3 is 0 Å². The summed E-state index contributed by atoms with van der Waals surface area (Å²) in [7, 11) is 0. The number of benzene rings is 1. The Hall–Kier alpha value is -1.50. The maximum absolute atomic E-state index is 12.1. The second-order valence-electron chi connectivity index (χ2n) is 5.41. The van der Waals surface area contributed by atoms with Gasteiger partial charge in [-0.1, -0.05) is 42.7 Å². The van der Waals surface area contributed by atoms with Crippen LogP contribution in [0.2, 0.25) is 5.02 Å². The van der Waals surface area contributed by atoms with E-state index in [9.17, 15) is 4.79 Å². The molecule has 0 aromatic heterocycles. The molecule has 2 N–H and O–H groups in total. The van der Waals surface area contributed by atoms with E-state index in [2.05, 4.69) is 17.2 Å². The molecule has 1 aromatic rings. The topological polar surface area (TPSA) is 49.3 Å². The Morgan fingerprint density at radius 1 is 1.33 bits per heavy atom. The Kier molecular flexibility index (Phi) is 6.10. The molecule has 112 valence electrons. The minimum Gasteiger partial charge on any atom is -0.384 e. The van der Waals surface area contributed by atoms with Crippen LogP contribution in [-0.4, -0.2) is 17.6 Å². The van der Waals surface area contributed by atoms with E-state index >= 15 is 0 Å². The van der Waals surface area contributed by atoms with E-state index in [1.807, 2.05) is 0 Å². The largest absolute Gasteiger partial charge is 0.384 e. The third kappa shape index (κ3) is 5.08. The zero-order valence-electron chi connectivity index (χ0n) is 12.0. The summed E-state index contributed by atoms with van der Waals surface area (Å²) in [6.45, 7) is -0.220. The first-order valence-corrected chi connectivity index (χ1v) is 7.76. The number of anilines is 1. The lowest BCUT2D eigenvalue weighted by Crippen LogP contribution is -2.18. The maximum atomic E-state index is 12.1. The van der Waals surface area contributed by atoms with Gasteiger partial charge in [0.1, 0.15) is 6.61 Å². The number of hydrogen-bond donors (Lipinski definition) is 2. The Balaban J connectivity index is 2.02. The zero-order chi connectivity index (χ0) is 15.1. The molecule has 1 saturated carbocycles. The summed E-state index contributed by atoms with van der Waals surface area (Å²) in [6, 6.07) is 5.17. The second kappa shape index (κ2) is 8.07. The molecular weight excluding hydrogens is 286 g/mol. The normalized spacial score (nSPS) is 15.1. The Morgan fingerprint density at radius 3 is 2.81 bits per heavy atom. The molecule has 1 fully saturated rings. The van der Waals surface area contributed by atoms with Gasteiger partial charge in [-0.25, -0.2) is 0 Å². The lowest BCUT2D eigenvalue weighted by atomic mass is 9.87. The van der Waals surface area contributed by atoms with Crippen LogP contribution in [0.1, 0.15) is 44.1 Å². The zero-order valence-corrected chi connectivity index (χ0v) is 12.7. The summed E-state index contributed by atoms with van der Waals surface area (Å²) in [4.78, 5) is 12.1. The number of carbonyl (C=O) groups is 1. The lowest BCUT2D eigenvalue weighted by Gasteiger charge is -2.21. The van der Waals surface area contributed by atoms with Crippen molar-refractivity contribution < 1.29 is 9.90 Å². The Labute approximate surface area is 130 Å². The molecule has 21 heavy (non-hydrogen) atoms. The molecule has 2 rings (SSSR count). The van der Waals surface area contributed by atoms with Crippen LogP contribution in [0.4, 0.5) is 5.69 Å². The number of carbonyl (C=O) groups excluding carboxylic acids is 1. The van der Waals surface area contributed by atoms with Gasteiger partial charge in [-0.2, -0.15) is 0 Å². The van der Waals surface area contributed by atoms with Crippen molar-refractivity contribution >= 4 is 23.2 Å². The summed E-state index contributed by atoms with van der Waals surface area (Å²) in [5.74, 6) is 5.92. The highest BCUT2D eigenvalue weighted by Crippen LogP contribution is 2.27. The van der Waals surface area contributed by atoms with Crippen LogP contribution >= 0.6 is 11.6 Å². The molecule has 0 saturated heterocycles. The van der Waals surface area contributed by atoms with Crippen molar-refractivity contribution in [2.75, 3.05) is 11.9 Å². The van der Waals surface area contributed by atoms with Gasteiger partial charge in [-0.15, -0.1) is 0 Å². The summed E-state index contributed by atoms with van der Waals surface area (Å²) in [5, 5.41) is 12.3. The van der Waals surface area contributed by atoms with Crippen molar-refractivity contribution in [2.24, 2.45) is 5.92 Å². The number of aliphatic hydroxyl groups excluding tert-OH is 1. The van der Waals surface area contributed by atoms with E-state index in [0.29, 0.717) is 28.6 Å². The minimum absolute atomic E-state index is 0.0243. The van der Waals surface area contributed by atoms with Gasteiger partial charge in [0, 0.05) is 17.0 Å². The van der Waals surface area contributed by atoms with E-state index in [1.54, 1.807) is 18.2 Å².